The van der Waals surface area contributed by atoms with E-state index in [0.717, 1.165) is 24.3 Å². The van der Waals surface area contributed by atoms with Crippen LogP contribution in [0.25, 0.3) is 6.08 Å². The van der Waals surface area contributed by atoms with Crippen molar-refractivity contribution in [1.29, 1.82) is 0 Å². The Morgan fingerprint density at radius 3 is 2.20 bits per heavy atom. The lowest BCUT2D eigenvalue weighted by molar-refractivity contribution is -0.137. The van der Waals surface area contributed by atoms with Gasteiger partial charge in [-0.2, -0.15) is 24.9 Å². The molecule has 0 aliphatic heterocycles. The molecular weight excluding hydrogens is 557 g/mol. The molecule has 1 unspecified atom stereocenters. The highest BCUT2D eigenvalue weighted by atomic mass is 35.5. The minimum atomic E-state index is -4.83. The first kappa shape index (κ1) is 29.9. The average Bonchev–Trinajstić information content (AvgIpc) is 2.75. The molecule has 0 aliphatic carbocycles. The normalized spacial score (nSPS) is 13.4. The van der Waals surface area contributed by atoms with E-state index in [-0.39, 0.29) is 38.4 Å². The Morgan fingerprint density at radius 2 is 1.66 bits per heavy atom. The second kappa shape index (κ2) is 12.7. The molecule has 0 saturated heterocycles. The number of ketones is 1. The Bertz CT molecular complexity index is 1040. The van der Waals surface area contributed by atoms with Gasteiger partial charge in [-0.1, -0.05) is 59.1 Å². The van der Waals surface area contributed by atoms with Gasteiger partial charge in [0.1, 0.15) is 0 Å². The van der Waals surface area contributed by atoms with Crippen LogP contribution in [-0.2, 0) is 6.18 Å². The minimum Gasteiger partial charge on any atom is -0.294 e. The maximum absolute atomic E-state index is 14.4. The van der Waals surface area contributed by atoms with Crippen LogP contribution in [0.3, 0.4) is 0 Å². The highest BCUT2D eigenvalue weighted by Crippen LogP contribution is 2.40. The van der Waals surface area contributed by atoms with Crippen molar-refractivity contribution in [2.24, 2.45) is 0 Å². The number of thioether (sulfide) groups is 1. The van der Waals surface area contributed by atoms with Gasteiger partial charge in [0.25, 0.3) is 5.92 Å². The lowest BCUT2D eigenvalue weighted by atomic mass is 9.91. The topological polar surface area (TPSA) is 17.1 Å². The van der Waals surface area contributed by atoms with E-state index in [9.17, 15) is 31.1 Å². The third-order valence-corrected chi connectivity index (χ3v) is 7.17. The van der Waals surface area contributed by atoms with Gasteiger partial charge < -0.3 is 0 Å². The molecule has 2 aromatic carbocycles. The number of benzene rings is 2. The van der Waals surface area contributed by atoms with Crippen molar-refractivity contribution in [3.63, 3.8) is 0 Å². The molecule has 0 amide bonds. The molecule has 0 spiro atoms. The minimum absolute atomic E-state index is 0.00434. The van der Waals surface area contributed by atoms with Gasteiger partial charge >= 0.3 is 6.18 Å². The van der Waals surface area contributed by atoms with Crippen LogP contribution in [0.2, 0.25) is 15.1 Å². The van der Waals surface area contributed by atoms with E-state index >= 15 is 0 Å². The van der Waals surface area contributed by atoms with Crippen LogP contribution in [-0.4, -0.2) is 29.9 Å². The third-order valence-electron chi connectivity index (χ3n) is 4.96. The average molecular weight is 578 g/mol. The number of carbonyl (C=O) groups excluding carboxylic acids is 1. The molecule has 0 aromatic heterocycles. The molecule has 0 bridgehead atoms. The summed E-state index contributed by atoms with van der Waals surface area (Å²) in [5, 5.41) is -0.0837. The van der Waals surface area contributed by atoms with E-state index in [0.29, 0.717) is 19.1 Å². The molecule has 1 atom stereocenters. The van der Waals surface area contributed by atoms with Crippen LogP contribution in [0.15, 0.2) is 36.4 Å². The Labute approximate surface area is 218 Å². The second-order valence-electron chi connectivity index (χ2n) is 7.72. The summed E-state index contributed by atoms with van der Waals surface area (Å²) in [5.41, 5.74) is -1.65. The van der Waals surface area contributed by atoms with Crippen LogP contribution >= 0.6 is 46.6 Å². The molecule has 0 fully saturated rings. The van der Waals surface area contributed by atoms with Gasteiger partial charge in [-0.25, -0.2) is 8.78 Å². The van der Waals surface area contributed by atoms with Gasteiger partial charge in [0.2, 0.25) is 0 Å². The lowest BCUT2D eigenvalue weighted by Gasteiger charge is -2.22. The Hall–Kier alpha value is -1.35. The maximum atomic E-state index is 14.4. The standard InChI is InChI=1S/C24H21Cl3F6OS/c1-23(29,30)17(15-12-19(25)22(27)20(26)13-15)7-5-14-4-6-16(18(11-14)24(31,32)33)21(34)3-2-9-35-10-8-28/h4-7,11-13,17H,2-3,8-10H2,1H3/b7-5+. The quantitative estimate of drug-likeness (QED) is 0.114. The molecule has 0 N–H and O–H groups in total. The zero-order valence-corrected chi connectivity index (χ0v) is 21.5. The molecule has 11 heteroatoms. The summed E-state index contributed by atoms with van der Waals surface area (Å²) in [6.45, 7) is 0.141. The molecule has 192 valence electrons. The first-order chi connectivity index (χ1) is 16.3. The van der Waals surface area contributed by atoms with Gasteiger partial charge in [0.05, 0.1) is 33.2 Å². The summed E-state index contributed by atoms with van der Waals surface area (Å²) in [7, 11) is 0. The molecular formula is C24H21Cl3F6OS. The predicted molar refractivity (Wildman–Crippen MR) is 132 cm³/mol. The van der Waals surface area contributed by atoms with E-state index in [2.05, 4.69) is 0 Å². The summed E-state index contributed by atoms with van der Waals surface area (Å²) in [5.74, 6) is -4.86. The summed E-state index contributed by atoms with van der Waals surface area (Å²) in [6, 6.07) is 5.47. The molecule has 1 nitrogen and oxygen atoms in total. The Balaban J connectivity index is 2.35. The fraction of sp³-hybridized carbons (Fsp3) is 0.375. The number of hydrogen-bond donors (Lipinski definition) is 0. The van der Waals surface area contributed by atoms with Crippen molar-refractivity contribution < 1.29 is 31.1 Å². The van der Waals surface area contributed by atoms with E-state index in [1.807, 2.05) is 0 Å². The smallest absolute Gasteiger partial charge is 0.294 e. The molecule has 0 aliphatic rings. The molecule has 0 saturated carbocycles. The van der Waals surface area contributed by atoms with Crippen molar-refractivity contribution in [1.82, 2.24) is 0 Å². The second-order valence-corrected chi connectivity index (χ2v) is 10.1. The molecule has 35 heavy (non-hydrogen) atoms. The highest BCUT2D eigenvalue weighted by Gasteiger charge is 2.36. The molecule has 2 rings (SSSR count). The zero-order chi connectivity index (χ0) is 26.4. The van der Waals surface area contributed by atoms with Crippen LogP contribution in [0, 0.1) is 0 Å². The number of Topliss-reactive ketones (excluding diaryl/α,β-unsaturated/α-hetero) is 1. The SMILES string of the molecule is CC(F)(F)C(/C=C/c1ccc(C(=O)CCCSCCF)c(C(F)(F)F)c1)c1cc(Cl)c(Cl)c(Cl)c1. The van der Waals surface area contributed by atoms with Gasteiger partial charge in [-0.3, -0.25) is 9.18 Å². The van der Waals surface area contributed by atoms with Crippen LogP contribution in [0.1, 0.15) is 52.7 Å². The maximum Gasteiger partial charge on any atom is 0.417 e. The van der Waals surface area contributed by atoms with E-state index in [1.54, 1.807) is 0 Å². The third kappa shape index (κ3) is 8.62. The summed E-state index contributed by atoms with van der Waals surface area (Å²) in [6.07, 6.45) is -2.48. The van der Waals surface area contributed by atoms with Gasteiger partial charge in [-0.05, 0) is 41.5 Å². The predicted octanol–water partition coefficient (Wildman–Crippen LogP) is 9.78. The van der Waals surface area contributed by atoms with E-state index in [1.165, 1.54) is 30.0 Å². The molecule has 0 heterocycles. The number of alkyl halides is 6. The van der Waals surface area contributed by atoms with Gasteiger partial charge in [0, 0.05) is 24.7 Å². The van der Waals surface area contributed by atoms with Crippen LogP contribution in [0.4, 0.5) is 26.3 Å². The summed E-state index contributed by atoms with van der Waals surface area (Å²) in [4.78, 5) is 12.4. The highest BCUT2D eigenvalue weighted by molar-refractivity contribution is 7.99. The van der Waals surface area contributed by atoms with Crippen molar-refractivity contribution in [2.75, 3.05) is 18.2 Å². The van der Waals surface area contributed by atoms with Gasteiger partial charge in [0.15, 0.2) is 5.78 Å². The van der Waals surface area contributed by atoms with Crippen LogP contribution in [0.5, 0.6) is 0 Å². The monoisotopic (exact) mass is 576 g/mol. The van der Waals surface area contributed by atoms with Gasteiger partial charge in [-0.15, -0.1) is 0 Å². The van der Waals surface area contributed by atoms with Crippen molar-refractivity contribution in [2.45, 2.75) is 37.8 Å². The van der Waals surface area contributed by atoms with E-state index < -0.39 is 41.6 Å². The number of hydrogen-bond acceptors (Lipinski definition) is 2. The zero-order valence-electron chi connectivity index (χ0n) is 18.4. The van der Waals surface area contributed by atoms with Crippen LogP contribution < -0.4 is 0 Å². The lowest BCUT2D eigenvalue weighted by Crippen LogP contribution is -2.20. The Morgan fingerprint density at radius 1 is 1.03 bits per heavy atom. The number of halogens is 9. The number of allylic oxidation sites excluding steroid dienone is 1. The van der Waals surface area contributed by atoms with Crippen molar-refractivity contribution >= 4 is 58.4 Å². The fourth-order valence-electron chi connectivity index (χ4n) is 3.30. The van der Waals surface area contributed by atoms with Crippen molar-refractivity contribution in [3.05, 3.63) is 73.7 Å². The Kier molecular flexibility index (Phi) is 10.9. The van der Waals surface area contributed by atoms with E-state index in [4.69, 9.17) is 34.8 Å². The first-order valence-electron chi connectivity index (χ1n) is 10.3. The molecule has 0 radical (unpaired) electrons. The molecule has 2 aromatic rings. The van der Waals surface area contributed by atoms with Crippen molar-refractivity contribution in [3.8, 4) is 0 Å². The number of rotatable bonds is 11. The number of carbonyl (C=O) groups is 1. The largest absolute Gasteiger partial charge is 0.417 e. The fourth-order valence-corrected chi connectivity index (χ4v) is 4.58. The summed E-state index contributed by atoms with van der Waals surface area (Å²) < 4.78 is 81.8. The summed E-state index contributed by atoms with van der Waals surface area (Å²) >= 11 is 19.0. The first-order valence-corrected chi connectivity index (χ1v) is 12.6.